The van der Waals surface area contributed by atoms with Gasteiger partial charge in [0.15, 0.2) is 0 Å². The first-order chi connectivity index (χ1) is 18.1. The Labute approximate surface area is 235 Å². The summed E-state index contributed by atoms with van der Waals surface area (Å²) in [6, 6.07) is 0. The molecule has 4 nitrogen and oxygen atoms in total. The lowest BCUT2D eigenvalue weighted by Crippen LogP contribution is -2.03. The maximum atomic E-state index is 11.3. The molecule has 38 heavy (non-hydrogen) atoms. The maximum absolute atomic E-state index is 11.3. The number of hydrogen-bond acceptors (Lipinski definition) is 4. The zero-order chi connectivity index (χ0) is 28.8. The van der Waals surface area contributed by atoms with E-state index in [1.807, 2.05) is 0 Å². The molecule has 4 heteroatoms. The molecular formula is C34H58O4. The largest absolute Gasteiger partial charge is 0.469 e. The molecule has 0 aromatic rings. The lowest BCUT2D eigenvalue weighted by molar-refractivity contribution is -0.141. The summed E-state index contributed by atoms with van der Waals surface area (Å²) in [5, 5.41) is 0. The second kappa shape index (κ2) is 22.8. The molecule has 0 amide bonds. The summed E-state index contributed by atoms with van der Waals surface area (Å²) in [6.07, 6.45) is 23.6. The molecule has 0 aromatic heterocycles. The van der Waals surface area contributed by atoms with E-state index in [0.29, 0.717) is 24.7 Å². The van der Waals surface area contributed by atoms with E-state index < -0.39 is 0 Å². The molecule has 0 rings (SSSR count). The third-order valence-electron chi connectivity index (χ3n) is 7.33. The zero-order valence-corrected chi connectivity index (χ0v) is 26.0. The van der Waals surface area contributed by atoms with Crippen molar-refractivity contribution >= 4 is 11.9 Å². The molecule has 0 heterocycles. The van der Waals surface area contributed by atoms with Crippen LogP contribution in [0.5, 0.6) is 0 Å². The van der Waals surface area contributed by atoms with Crippen LogP contribution in [0.4, 0.5) is 0 Å². The fourth-order valence-corrected chi connectivity index (χ4v) is 4.65. The van der Waals surface area contributed by atoms with Crippen LogP contribution in [0.3, 0.4) is 0 Å². The molecule has 0 N–H and O–H groups in total. The quantitative estimate of drug-likeness (QED) is 0.0841. The van der Waals surface area contributed by atoms with Crippen LogP contribution in [0.1, 0.15) is 131 Å². The number of carbonyl (C=O) groups excluding carboxylic acids is 2. The predicted molar refractivity (Wildman–Crippen MR) is 162 cm³/mol. The summed E-state index contributed by atoms with van der Waals surface area (Å²) in [6.45, 7) is 13.3. The molecule has 0 radical (unpaired) electrons. The van der Waals surface area contributed by atoms with Crippen molar-refractivity contribution < 1.29 is 19.1 Å². The van der Waals surface area contributed by atoms with Crippen molar-refractivity contribution in [1.82, 2.24) is 0 Å². The minimum absolute atomic E-state index is 0.104. The number of allylic oxidation sites excluding steroid dienone is 8. The molecular weight excluding hydrogens is 472 g/mol. The Morgan fingerprint density at radius 3 is 1.24 bits per heavy atom. The van der Waals surface area contributed by atoms with E-state index in [-0.39, 0.29) is 11.9 Å². The first-order valence-corrected chi connectivity index (χ1v) is 14.8. The summed E-state index contributed by atoms with van der Waals surface area (Å²) < 4.78 is 9.51. The topological polar surface area (TPSA) is 52.6 Å². The van der Waals surface area contributed by atoms with Gasteiger partial charge in [-0.25, -0.2) is 0 Å². The highest BCUT2D eigenvalue weighted by atomic mass is 16.5. The lowest BCUT2D eigenvalue weighted by atomic mass is 9.88. The highest BCUT2D eigenvalue weighted by Crippen LogP contribution is 2.26. The van der Waals surface area contributed by atoms with Crippen molar-refractivity contribution in [2.75, 3.05) is 14.2 Å². The molecule has 2 unspecified atom stereocenters. The molecule has 0 aliphatic heterocycles. The Morgan fingerprint density at radius 1 is 0.553 bits per heavy atom. The number of esters is 2. The summed E-state index contributed by atoms with van der Waals surface area (Å²) in [5.74, 6) is 0.936. The fraction of sp³-hybridized carbons (Fsp3) is 0.706. The average Bonchev–Trinajstić information content (AvgIpc) is 2.88. The smallest absolute Gasteiger partial charge is 0.305 e. The van der Waals surface area contributed by atoms with Crippen molar-refractivity contribution in [3.05, 3.63) is 46.6 Å². The van der Waals surface area contributed by atoms with E-state index in [9.17, 15) is 9.59 Å². The van der Waals surface area contributed by atoms with Gasteiger partial charge in [0.05, 0.1) is 14.2 Å². The monoisotopic (exact) mass is 530 g/mol. The molecule has 0 spiro atoms. The molecule has 0 aliphatic carbocycles. The third kappa shape index (κ3) is 19.9. The van der Waals surface area contributed by atoms with E-state index in [2.05, 4.69) is 65.8 Å². The van der Waals surface area contributed by atoms with Crippen LogP contribution < -0.4 is 0 Å². The highest BCUT2D eigenvalue weighted by molar-refractivity contribution is 5.69. The van der Waals surface area contributed by atoms with E-state index in [1.54, 1.807) is 0 Å². The van der Waals surface area contributed by atoms with Crippen LogP contribution in [0.25, 0.3) is 0 Å². The van der Waals surface area contributed by atoms with E-state index in [0.717, 1.165) is 64.2 Å². The molecule has 0 saturated carbocycles. The van der Waals surface area contributed by atoms with E-state index in [1.165, 1.54) is 49.4 Å². The van der Waals surface area contributed by atoms with Crippen molar-refractivity contribution in [2.45, 2.75) is 131 Å². The number of carbonyl (C=O) groups is 2. The Morgan fingerprint density at radius 2 is 0.921 bits per heavy atom. The fourth-order valence-electron chi connectivity index (χ4n) is 4.65. The van der Waals surface area contributed by atoms with Crippen molar-refractivity contribution in [2.24, 2.45) is 11.8 Å². The van der Waals surface area contributed by atoms with Gasteiger partial charge in [-0.15, -0.1) is 0 Å². The van der Waals surface area contributed by atoms with E-state index in [4.69, 9.17) is 9.47 Å². The first-order valence-electron chi connectivity index (χ1n) is 14.8. The van der Waals surface area contributed by atoms with Crippen LogP contribution in [-0.4, -0.2) is 26.2 Å². The Bertz CT molecular complexity index is 710. The third-order valence-corrected chi connectivity index (χ3v) is 7.33. The SMILES string of the molecule is COC(=O)CCCCCC(CC=C(C)C)C(C)=CCCC=C(C)C(CC=C(C)C)CCCCCC(=O)OC. The van der Waals surface area contributed by atoms with Crippen molar-refractivity contribution in [3.8, 4) is 0 Å². The lowest BCUT2D eigenvalue weighted by Gasteiger charge is -2.18. The number of hydrogen-bond donors (Lipinski definition) is 0. The van der Waals surface area contributed by atoms with Gasteiger partial charge in [0.1, 0.15) is 0 Å². The van der Waals surface area contributed by atoms with Crippen molar-refractivity contribution in [3.63, 3.8) is 0 Å². The molecule has 0 saturated heterocycles. The normalized spacial score (nSPS) is 13.5. The van der Waals surface area contributed by atoms with Crippen LogP contribution >= 0.6 is 0 Å². The van der Waals surface area contributed by atoms with Crippen LogP contribution in [0.15, 0.2) is 46.6 Å². The average molecular weight is 531 g/mol. The minimum Gasteiger partial charge on any atom is -0.469 e. The minimum atomic E-state index is -0.104. The second-order valence-electron chi connectivity index (χ2n) is 11.3. The molecule has 0 fully saturated rings. The molecule has 0 aliphatic rings. The Hall–Kier alpha value is -2.10. The summed E-state index contributed by atoms with van der Waals surface area (Å²) in [4.78, 5) is 22.7. The van der Waals surface area contributed by atoms with Crippen LogP contribution in [0, 0.1) is 11.8 Å². The predicted octanol–water partition coefficient (Wildman–Crippen LogP) is 9.85. The van der Waals surface area contributed by atoms with Gasteiger partial charge in [-0.2, -0.15) is 0 Å². The maximum Gasteiger partial charge on any atom is 0.305 e. The van der Waals surface area contributed by atoms with Gasteiger partial charge >= 0.3 is 11.9 Å². The summed E-state index contributed by atoms with van der Waals surface area (Å²) in [7, 11) is 2.92. The summed E-state index contributed by atoms with van der Waals surface area (Å²) in [5.41, 5.74) is 5.74. The van der Waals surface area contributed by atoms with Gasteiger partial charge < -0.3 is 9.47 Å². The van der Waals surface area contributed by atoms with E-state index >= 15 is 0 Å². The summed E-state index contributed by atoms with van der Waals surface area (Å²) >= 11 is 0. The second-order valence-corrected chi connectivity index (χ2v) is 11.3. The van der Waals surface area contributed by atoms with Crippen LogP contribution in [-0.2, 0) is 19.1 Å². The molecule has 218 valence electrons. The Balaban J connectivity index is 4.90. The zero-order valence-electron chi connectivity index (χ0n) is 26.0. The molecule has 0 aromatic carbocycles. The van der Waals surface area contributed by atoms with Gasteiger partial charge in [0.2, 0.25) is 0 Å². The van der Waals surface area contributed by atoms with Gasteiger partial charge in [0, 0.05) is 12.8 Å². The Kier molecular flexibility index (Phi) is 21.6. The van der Waals surface area contributed by atoms with Gasteiger partial charge in [-0.3, -0.25) is 9.59 Å². The highest BCUT2D eigenvalue weighted by Gasteiger charge is 2.12. The van der Waals surface area contributed by atoms with Gasteiger partial charge in [0.25, 0.3) is 0 Å². The van der Waals surface area contributed by atoms with Crippen molar-refractivity contribution in [1.29, 1.82) is 0 Å². The van der Waals surface area contributed by atoms with Gasteiger partial charge in [-0.05, 0) is 105 Å². The van der Waals surface area contributed by atoms with Crippen LogP contribution in [0.2, 0.25) is 0 Å². The number of ether oxygens (including phenoxy) is 2. The van der Waals surface area contributed by atoms with Gasteiger partial charge in [-0.1, -0.05) is 72.3 Å². The molecule has 0 bridgehead atoms. The first kappa shape index (κ1) is 35.9. The number of rotatable bonds is 21. The number of unbranched alkanes of at least 4 members (excludes halogenated alkanes) is 5. The molecule has 2 atom stereocenters. The number of methoxy groups -OCH3 is 2. The standard InChI is InChI=1S/C34H58O4/c1-27(2)23-25-31(19-11-9-13-21-33(35)37-7)29(5)17-15-16-18-30(6)32(26-24-28(3)4)20-12-10-14-22-34(36)38-8/h17-18,23-24,31-32H,9-16,19-22,25-26H2,1-8H3.